The molecule has 1 saturated heterocycles. The summed E-state index contributed by atoms with van der Waals surface area (Å²) in [6.07, 6.45) is 0. The Morgan fingerprint density at radius 2 is 1.77 bits per heavy atom. The van der Waals surface area contributed by atoms with Gasteiger partial charge in [0.05, 0.1) is 5.84 Å². The third kappa shape index (κ3) is 3.35. The molecule has 76 valence electrons. The smallest absolute Gasteiger partial charge is 0.0926 e. The van der Waals surface area contributed by atoms with E-state index in [9.17, 15) is 0 Å². The Morgan fingerprint density at radius 1 is 1.23 bits per heavy atom. The van der Waals surface area contributed by atoms with Crippen LogP contribution in [-0.4, -0.2) is 48.4 Å². The molecular formula is C10H21N3. The molecule has 1 aliphatic heterocycles. The van der Waals surface area contributed by atoms with Crippen molar-refractivity contribution in [2.45, 2.75) is 20.8 Å². The fraction of sp³-hybridized carbons (Fsp3) is 0.900. The molecule has 3 nitrogen and oxygen atoms in total. The average Bonchev–Trinajstić information content (AvgIpc) is 2.04. The SMILES string of the molecule is CC(=N)N1CCN(CC(C)C)CC1. The zero-order valence-corrected chi connectivity index (χ0v) is 9.01. The van der Waals surface area contributed by atoms with Gasteiger partial charge in [0, 0.05) is 32.7 Å². The summed E-state index contributed by atoms with van der Waals surface area (Å²) < 4.78 is 0. The van der Waals surface area contributed by atoms with Crippen LogP contribution in [0.15, 0.2) is 0 Å². The van der Waals surface area contributed by atoms with Crippen LogP contribution in [0.3, 0.4) is 0 Å². The molecule has 0 aromatic heterocycles. The van der Waals surface area contributed by atoms with Gasteiger partial charge in [-0.25, -0.2) is 0 Å². The molecule has 0 amide bonds. The Kier molecular flexibility index (Phi) is 3.72. The van der Waals surface area contributed by atoms with Crippen LogP contribution in [0, 0.1) is 11.3 Å². The van der Waals surface area contributed by atoms with Gasteiger partial charge in [0.25, 0.3) is 0 Å². The molecule has 0 aliphatic carbocycles. The van der Waals surface area contributed by atoms with Gasteiger partial charge in [0.15, 0.2) is 0 Å². The van der Waals surface area contributed by atoms with Gasteiger partial charge >= 0.3 is 0 Å². The second kappa shape index (κ2) is 4.61. The summed E-state index contributed by atoms with van der Waals surface area (Å²) >= 11 is 0. The maximum atomic E-state index is 7.50. The highest BCUT2D eigenvalue weighted by atomic mass is 15.3. The van der Waals surface area contributed by atoms with E-state index in [1.165, 1.54) is 6.54 Å². The maximum absolute atomic E-state index is 7.50. The first kappa shape index (κ1) is 10.5. The monoisotopic (exact) mass is 183 g/mol. The van der Waals surface area contributed by atoms with Crippen LogP contribution in [0.2, 0.25) is 0 Å². The number of rotatable bonds is 2. The lowest BCUT2D eigenvalue weighted by molar-refractivity contribution is 0.165. The molecule has 1 heterocycles. The first-order chi connectivity index (χ1) is 6.09. The lowest BCUT2D eigenvalue weighted by atomic mass is 10.2. The van der Waals surface area contributed by atoms with Crippen molar-refractivity contribution in [3.63, 3.8) is 0 Å². The van der Waals surface area contributed by atoms with Gasteiger partial charge < -0.3 is 4.90 Å². The maximum Gasteiger partial charge on any atom is 0.0926 e. The Labute approximate surface area is 81.2 Å². The third-order valence-electron chi connectivity index (χ3n) is 2.47. The number of hydrogen-bond donors (Lipinski definition) is 1. The molecule has 1 fully saturated rings. The van der Waals surface area contributed by atoms with Crippen molar-refractivity contribution in [3.05, 3.63) is 0 Å². The van der Waals surface area contributed by atoms with E-state index in [4.69, 9.17) is 5.41 Å². The van der Waals surface area contributed by atoms with Crippen molar-refractivity contribution in [1.29, 1.82) is 5.41 Å². The van der Waals surface area contributed by atoms with Gasteiger partial charge in [-0.2, -0.15) is 0 Å². The summed E-state index contributed by atoms with van der Waals surface area (Å²) in [5, 5.41) is 7.50. The molecule has 1 N–H and O–H groups in total. The van der Waals surface area contributed by atoms with Gasteiger partial charge in [0.1, 0.15) is 0 Å². The van der Waals surface area contributed by atoms with E-state index in [1.54, 1.807) is 0 Å². The Morgan fingerprint density at radius 3 is 2.15 bits per heavy atom. The standard InChI is InChI=1S/C10H21N3/c1-9(2)8-12-4-6-13(7-5-12)10(3)11/h9,11H,4-8H2,1-3H3. The van der Waals surface area contributed by atoms with Crippen molar-refractivity contribution >= 4 is 5.84 Å². The lowest BCUT2D eigenvalue weighted by Gasteiger charge is -2.36. The van der Waals surface area contributed by atoms with Gasteiger partial charge in [0.2, 0.25) is 0 Å². The summed E-state index contributed by atoms with van der Waals surface area (Å²) in [4.78, 5) is 4.64. The summed E-state index contributed by atoms with van der Waals surface area (Å²) in [6.45, 7) is 11.9. The van der Waals surface area contributed by atoms with Crippen LogP contribution in [-0.2, 0) is 0 Å². The molecule has 0 bridgehead atoms. The fourth-order valence-corrected chi connectivity index (χ4v) is 1.78. The molecule has 0 spiro atoms. The second-order valence-electron chi connectivity index (χ2n) is 4.27. The Bertz CT molecular complexity index is 169. The quantitative estimate of drug-likeness (QED) is 0.516. The van der Waals surface area contributed by atoms with Crippen molar-refractivity contribution in [2.75, 3.05) is 32.7 Å². The predicted molar refractivity (Wildman–Crippen MR) is 56.3 cm³/mol. The van der Waals surface area contributed by atoms with Crippen molar-refractivity contribution < 1.29 is 0 Å². The van der Waals surface area contributed by atoms with Crippen LogP contribution in [0.25, 0.3) is 0 Å². The Hall–Kier alpha value is -0.570. The number of piperazine rings is 1. The van der Waals surface area contributed by atoms with Crippen molar-refractivity contribution in [2.24, 2.45) is 5.92 Å². The number of nitrogens with zero attached hydrogens (tertiary/aromatic N) is 2. The average molecular weight is 183 g/mol. The van der Waals surface area contributed by atoms with Crippen molar-refractivity contribution in [1.82, 2.24) is 9.80 Å². The van der Waals surface area contributed by atoms with E-state index >= 15 is 0 Å². The fourth-order valence-electron chi connectivity index (χ4n) is 1.78. The lowest BCUT2D eigenvalue weighted by Crippen LogP contribution is -2.48. The minimum absolute atomic E-state index is 0.712. The Balaban J connectivity index is 2.26. The molecule has 0 atom stereocenters. The highest BCUT2D eigenvalue weighted by Crippen LogP contribution is 2.05. The number of hydrogen-bond acceptors (Lipinski definition) is 2. The van der Waals surface area contributed by atoms with Gasteiger partial charge in [-0.1, -0.05) is 13.8 Å². The highest BCUT2D eigenvalue weighted by Gasteiger charge is 2.16. The molecule has 0 radical (unpaired) electrons. The normalized spacial score (nSPS) is 19.5. The van der Waals surface area contributed by atoms with Gasteiger partial charge in [-0.3, -0.25) is 10.3 Å². The molecule has 0 saturated carbocycles. The minimum Gasteiger partial charge on any atom is -0.358 e. The van der Waals surface area contributed by atoms with Gasteiger partial charge in [-0.05, 0) is 12.8 Å². The van der Waals surface area contributed by atoms with E-state index in [0.717, 1.165) is 32.1 Å². The second-order valence-corrected chi connectivity index (χ2v) is 4.27. The topological polar surface area (TPSA) is 30.3 Å². The van der Waals surface area contributed by atoms with Crippen molar-refractivity contribution in [3.8, 4) is 0 Å². The summed E-state index contributed by atoms with van der Waals surface area (Å²) in [6, 6.07) is 0. The summed E-state index contributed by atoms with van der Waals surface area (Å²) in [5.74, 6) is 1.47. The van der Waals surface area contributed by atoms with Crippen LogP contribution in [0.4, 0.5) is 0 Å². The van der Waals surface area contributed by atoms with Gasteiger partial charge in [-0.15, -0.1) is 0 Å². The van der Waals surface area contributed by atoms with Crippen LogP contribution >= 0.6 is 0 Å². The molecule has 1 rings (SSSR count). The minimum atomic E-state index is 0.712. The zero-order chi connectivity index (χ0) is 9.84. The van der Waals surface area contributed by atoms with E-state index in [1.807, 2.05) is 6.92 Å². The molecule has 3 heteroatoms. The summed E-state index contributed by atoms with van der Waals surface area (Å²) in [7, 11) is 0. The van der Waals surface area contributed by atoms with Crippen LogP contribution in [0.5, 0.6) is 0 Å². The molecule has 0 aromatic carbocycles. The zero-order valence-electron chi connectivity index (χ0n) is 9.01. The highest BCUT2D eigenvalue weighted by molar-refractivity contribution is 5.76. The van der Waals surface area contributed by atoms with E-state index in [2.05, 4.69) is 23.6 Å². The molecule has 1 aliphatic rings. The number of nitrogens with one attached hydrogen (secondary N) is 1. The van der Waals surface area contributed by atoms with E-state index < -0.39 is 0 Å². The first-order valence-electron chi connectivity index (χ1n) is 5.12. The number of amidine groups is 1. The van der Waals surface area contributed by atoms with Crippen LogP contribution < -0.4 is 0 Å². The third-order valence-corrected chi connectivity index (χ3v) is 2.47. The molecule has 0 aromatic rings. The summed E-state index contributed by atoms with van der Waals surface area (Å²) in [5.41, 5.74) is 0. The van der Waals surface area contributed by atoms with Crippen LogP contribution in [0.1, 0.15) is 20.8 Å². The molecule has 0 unspecified atom stereocenters. The largest absolute Gasteiger partial charge is 0.358 e. The van der Waals surface area contributed by atoms with E-state index in [-0.39, 0.29) is 0 Å². The predicted octanol–water partition coefficient (Wildman–Crippen LogP) is 1.26. The van der Waals surface area contributed by atoms with E-state index in [0.29, 0.717) is 5.84 Å². The first-order valence-corrected chi connectivity index (χ1v) is 5.12. The molecular weight excluding hydrogens is 162 g/mol. The molecule has 13 heavy (non-hydrogen) atoms.